The summed E-state index contributed by atoms with van der Waals surface area (Å²) in [6.45, 7) is 4.94. The Labute approximate surface area is 147 Å². The van der Waals surface area contributed by atoms with Crippen LogP contribution in [0, 0.1) is 6.92 Å². The van der Waals surface area contributed by atoms with Crippen molar-refractivity contribution in [3.63, 3.8) is 0 Å². The van der Waals surface area contributed by atoms with Crippen LogP contribution >= 0.6 is 0 Å². The van der Waals surface area contributed by atoms with E-state index in [2.05, 4.69) is 41.5 Å². The van der Waals surface area contributed by atoms with Gasteiger partial charge in [-0.3, -0.25) is 4.79 Å². The summed E-state index contributed by atoms with van der Waals surface area (Å²) in [5, 5.41) is 0. The number of nitrogens with two attached hydrogens (primary N) is 1. The maximum atomic E-state index is 11.9. The Balaban J connectivity index is 1.72. The lowest BCUT2D eigenvalue weighted by atomic mass is 9.85. The third-order valence-electron chi connectivity index (χ3n) is 5.15. The fourth-order valence-corrected chi connectivity index (χ4v) is 3.84. The van der Waals surface area contributed by atoms with Crippen LogP contribution in [0.25, 0.3) is 5.65 Å². The molecule has 1 amide bonds. The molecule has 0 aliphatic carbocycles. The van der Waals surface area contributed by atoms with Gasteiger partial charge < -0.3 is 15.0 Å². The highest BCUT2D eigenvalue weighted by atomic mass is 16.1. The highest BCUT2D eigenvalue weighted by Crippen LogP contribution is 2.38. The molecule has 0 unspecified atom stereocenters. The molecular weight excluding hydrogens is 312 g/mol. The van der Waals surface area contributed by atoms with Crippen LogP contribution in [0.1, 0.15) is 36.2 Å². The number of hydrogen-bond donors (Lipinski definition) is 1. The molecule has 25 heavy (non-hydrogen) atoms. The molecule has 1 aliphatic heterocycles. The molecule has 2 atom stereocenters. The summed E-state index contributed by atoms with van der Waals surface area (Å²) in [4.78, 5) is 19.0. The van der Waals surface area contributed by atoms with Gasteiger partial charge in [0.1, 0.15) is 5.65 Å². The van der Waals surface area contributed by atoms with Crippen molar-refractivity contribution >= 4 is 17.2 Å². The van der Waals surface area contributed by atoms with Gasteiger partial charge in [0.15, 0.2) is 0 Å². The Hall–Kier alpha value is -2.82. The molecule has 0 radical (unpaired) electrons. The van der Waals surface area contributed by atoms with Crippen molar-refractivity contribution in [3.05, 3.63) is 65.6 Å². The number of aromatic nitrogens is 2. The molecule has 5 heteroatoms. The van der Waals surface area contributed by atoms with Crippen LogP contribution in [0.2, 0.25) is 0 Å². The van der Waals surface area contributed by atoms with E-state index < -0.39 is 0 Å². The van der Waals surface area contributed by atoms with Gasteiger partial charge in [-0.25, -0.2) is 4.98 Å². The number of aryl methyl sites for hydroxylation is 1. The minimum Gasteiger partial charge on any atom is -0.369 e. The normalized spacial score (nSPS) is 19.8. The summed E-state index contributed by atoms with van der Waals surface area (Å²) in [6.07, 6.45) is 2.83. The Bertz CT molecular complexity index is 946. The second-order valence-corrected chi connectivity index (χ2v) is 6.85. The van der Waals surface area contributed by atoms with Gasteiger partial charge in [0.05, 0.1) is 18.2 Å². The second kappa shape index (κ2) is 5.92. The van der Waals surface area contributed by atoms with Gasteiger partial charge in [-0.2, -0.15) is 0 Å². The molecule has 5 nitrogen and oxygen atoms in total. The van der Waals surface area contributed by atoms with Crippen molar-refractivity contribution in [3.8, 4) is 0 Å². The molecule has 0 saturated carbocycles. The topological polar surface area (TPSA) is 63.6 Å². The van der Waals surface area contributed by atoms with E-state index in [0.717, 1.165) is 34.7 Å². The van der Waals surface area contributed by atoms with Crippen LogP contribution in [0.15, 0.2) is 48.7 Å². The van der Waals surface area contributed by atoms with Gasteiger partial charge in [0, 0.05) is 23.6 Å². The number of carbonyl (C=O) groups excluding carboxylic acids is 1. The smallest absolute Gasteiger partial charge is 0.225 e. The zero-order valence-corrected chi connectivity index (χ0v) is 14.5. The summed E-state index contributed by atoms with van der Waals surface area (Å²) in [5.74, 6) is -0.465. The monoisotopic (exact) mass is 334 g/mol. The molecule has 0 fully saturated rings. The highest BCUT2D eigenvalue weighted by Gasteiger charge is 2.33. The molecule has 3 aromatic rings. The SMILES string of the molecule is Cc1cccc2nc(CN3c4ccccc4[C@@H](C(N)=O)C[C@@H]3C)cn12. The number of benzene rings is 1. The zero-order chi connectivity index (χ0) is 17.6. The third-order valence-corrected chi connectivity index (χ3v) is 5.15. The maximum Gasteiger partial charge on any atom is 0.225 e. The van der Waals surface area contributed by atoms with E-state index in [-0.39, 0.29) is 17.9 Å². The Morgan fingerprint density at radius 1 is 1.24 bits per heavy atom. The second-order valence-electron chi connectivity index (χ2n) is 6.85. The van der Waals surface area contributed by atoms with Crippen molar-refractivity contribution in [2.75, 3.05) is 4.90 Å². The van der Waals surface area contributed by atoms with Crippen LogP contribution in [-0.4, -0.2) is 21.3 Å². The van der Waals surface area contributed by atoms with Gasteiger partial charge in [-0.15, -0.1) is 0 Å². The van der Waals surface area contributed by atoms with Crippen molar-refractivity contribution in [1.29, 1.82) is 0 Å². The summed E-state index contributed by atoms with van der Waals surface area (Å²) >= 11 is 0. The fourth-order valence-electron chi connectivity index (χ4n) is 3.84. The minimum atomic E-state index is -0.248. The number of pyridine rings is 1. The number of fused-ring (bicyclic) bond motifs is 2. The van der Waals surface area contributed by atoms with E-state index in [0.29, 0.717) is 6.54 Å². The van der Waals surface area contributed by atoms with E-state index in [1.165, 1.54) is 0 Å². The Kier molecular flexibility index (Phi) is 3.71. The first-order chi connectivity index (χ1) is 12.0. The Morgan fingerprint density at radius 3 is 2.80 bits per heavy atom. The van der Waals surface area contributed by atoms with Crippen molar-refractivity contribution in [1.82, 2.24) is 9.38 Å². The molecular formula is C20H22N4O. The molecule has 128 valence electrons. The molecule has 2 aromatic heterocycles. The van der Waals surface area contributed by atoms with E-state index in [1.807, 2.05) is 30.3 Å². The quantitative estimate of drug-likeness (QED) is 0.801. The van der Waals surface area contributed by atoms with E-state index in [1.54, 1.807) is 0 Å². The lowest BCUT2D eigenvalue weighted by Gasteiger charge is -2.39. The first-order valence-electron chi connectivity index (χ1n) is 8.63. The molecule has 1 aliphatic rings. The summed E-state index contributed by atoms with van der Waals surface area (Å²) in [7, 11) is 0. The lowest BCUT2D eigenvalue weighted by Crippen LogP contribution is -2.41. The van der Waals surface area contributed by atoms with Crippen LogP contribution < -0.4 is 10.6 Å². The average Bonchev–Trinajstić information content (AvgIpc) is 3.01. The minimum absolute atomic E-state index is 0.217. The summed E-state index contributed by atoms with van der Waals surface area (Å²) in [5.41, 5.74) is 10.9. The molecule has 0 spiro atoms. The number of imidazole rings is 1. The van der Waals surface area contributed by atoms with Crippen LogP contribution in [0.5, 0.6) is 0 Å². The lowest BCUT2D eigenvalue weighted by molar-refractivity contribution is -0.119. The number of carbonyl (C=O) groups is 1. The number of hydrogen-bond acceptors (Lipinski definition) is 3. The first kappa shape index (κ1) is 15.7. The van der Waals surface area contributed by atoms with Crippen molar-refractivity contribution in [2.24, 2.45) is 5.73 Å². The number of primary amides is 1. The highest BCUT2D eigenvalue weighted by molar-refractivity contribution is 5.85. The predicted molar refractivity (Wildman–Crippen MR) is 98.6 cm³/mol. The molecule has 1 aromatic carbocycles. The van der Waals surface area contributed by atoms with Crippen LogP contribution in [0.3, 0.4) is 0 Å². The van der Waals surface area contributed by atoms with E-state index in [4.69, 9.17) is 10.7 Å². The van der Waals surface area contributed by atoms with Gasteiger partial charge in [-0.05, 0) is 44.0 Å². The standard InChI is InChI=1S/C20H22N4O/c1-13-6-5-9-19-22-15(12-24(13)19)11-23-14(2)10-17(20(21)25)16-7-3-4-8-18(16)23/h3-9,12,14,17H,10-11H2,1-2H3,(H2,21,25)/t14-,17-/m0/s1. The molecule has 3 heterocycles. The van der Waals surface area contributed by atoms with Crippen molar-refractivity contribution in [2.45, 2.75) is 38.8 Å². The van der Waals surface area contributed by atoms with Crippen LogP contribution in [0.4, 0.5) is 5.69 Å². The number of amides is 1. The number of nitrogens with zero attached hydrogens (tertiary/aromatic N) is 3. The van der Waals surface area contributed by atoms with Gasteiger partial charge in [-0.1, -0.05) is 24.3 Å². The maximum absolute atomic E-state index is 11.9. The van der Waals surface area contributed by atoms with E-state index >= 15 is 0 Å². The average molecular weight is 334 g/mol. The van der Waals surface area contributed by atoms with Crippen molar-refractivity contribution < 1.29 is 4.79 Å². The van der Waals surface area contributed by atoms with Gasteiger partial charge in [0.2, 0.25) is 5.91 Å². The number of anilines is 1. The number of para-hydroxylation sites is 1. The fraction of sp³-hybridized carbons (Fsp3) is 0.300. The van der Waals surface area contributed by atoms with Gasteiger partial charge >= 0.3 is 0 Å². The van der Waals surface area contributed by atoms with E-state index in [9.17, 15) is 4.79 Å². The summed E-state index contributed by atoms with van der Waals surface area (Å²) < 4.78 is 2.11. The molecule has 4 rings (SSSR count). The zero-order valence-electron chi connectivity index (χ0n) is 14.5. The first-order valence-corrected chi connectivity index (χ1v) is 8.63. The predicted octanol–water partition coefficient (Wildman–Crippen LogP) is 3.01. The molecule has 0 bridgehead atoms. The largest absolute Gasteiger partial charge is 0.369 e. The van der Waals surface area contributed by atoms with Gasteiger partial charge in [0.25, 0.3) is 0 Å². The summed E-state index contributed by atoms with van der Waals surface area (Å²) in [6, 6.07) is 14.4. The number of rotatable bonds is 3. The Morgan fingerprint density at radius 2 is 2.04 bits per heavy atom. The molecule has 2 N–H and O–H groups in total. The van der Waals surface area contributed by atoms with Crippen LogP contribution in [-0.2, 0) is 11.3 Å². The molecule has 0 saturated heterocycles. The third kappa shape index (κ3) is 2.65.